The Morgan fingerprint density at radius 3 is 2.48 bits per heavy atom. The number of hydrogen-bond acceptors (Lipinski definition) is 3. The van der Waals surface area contributed by atoms with Crippen LogP contribution in [0.1, 0.15) is 32.3 Å². The van der Waals surface area contributed by atoms with Crippen molar-refractivity contribution in [1.29, 1.82) is 0 Å². The van der Waals surface area contributed by atoms with Crippen LogP contribution < -0.4 is 0 Å². The molecule has 3 rings (SSSR count). The Bertz CT molecular complexity index is 561. The van der Waals surface area contributed by atoms with Gasteiger partial charge in [0.05, 0.1) is 18.6 Å². The lowest BCUT2D eigenvalue weighted by molar-refractivity contribution is -0.166. The second-order valence-corrected chi connectivity index (χ2v) is 6.62. The SMILES string of the molecule is CC1(C(=O)N2CCOC(C)(c3ccccc3)C2)CC(=O)C1. The van der Waals surface area contributed by atoms with Gasteiger partial charge in [-0.3, -0.25) is 9.59 Å². The summed E-state index contributed by atoms with van der Waals surface area (Å²) in [6.45, 7) is 5.59. The highest BCUT2D eigenvalue weighted by Crippen LogP contribution is 2.40. The van der Waals surface area contributed by atoms with Gasteiger partial charge in [0.15, 0.2) is 0 Å². The molecule has 1 amide bonds. The van der Waals surface area contributed by atoms with Crippen molar-refractivity contribution in [3.8, 4) is 0 Å². The van der Waals surface area contributed by atoms with Crippen molar-refractivity contribution in [2.24, 2.45) is 5.41 Å². The molecule has 1 atom stereocenters. The molecule has 0 radical (unpaired) electrons. The lowest BCUT2D eigenvalue weighted by Gasteiger charge is -2.45. The van der Waals surface area contributed by atoms with Crippen molar-refractivity contribution in [3.63, 3.8) is 0 Å². The molecule has 1 heterocycles. The summed E-state index contributed by atoms with van der Waals surface area (Å²) in [5, 5.41) is 0. The van der Waals surface area contributed by atoms with Gasteiger partial charge in [0.2, 0.25) is 5.91 Å². The van der Waals surface area contributed by atoms with Crippen LogP contribution in [-0.2, 0) is 19.9 Å². The zero-order chi connectivity index (χ0) is 15.1. The molecule has 1 aromatic rings. The maximum atomic E-state index is 12.7. The van der Waals surface area contributed by atoms with Crippen LogP contribution in [0.15, 0.2) is 30.3 Å². The largest absolute Gasteiger partial charge is 0.367 e. The first-order chi connectivity index (χ1) is 9.93. The standard InChI is InChI=1S/C17H21NO3/c1-16(10-14(19)11-16)15(20)18-8-9-21-17(2,12-18)13-6-4-3-5-7-13/h3-7H,8-12H2,1-2H3. The normalized spacial score (nSPS) is 28.1. The Labute approximate surface area is 125 Å². The van der Waals surface area contributed by atoms with Gasteiger partial charge in [-0.15, -0.1) is 0 Å². The van der Waals surface area contributed by atoms with Crippen LogP contribution >= 0.6 is 0 Å². The van der Waals surface area contributed by atoms with Crippen LogP contribution in [0.2, 0.25) is 0 Å². The van der Waals surface area contributed by atoms with E-state index in [1.807, 2.05) is 49.1 Å². The molecule has 1 saturated heterocycles. The molecule has 2 aliphatic rings. The van der Waals surface area contributed by atoms with E-state index in [2.05, 4.69) is 0 Å². The monoisotopic (exact) mass is 287 g/mol. The van der Waals surface area contributed by atoms with Gasteiger partial charge in [-0.1, -0.05) is 30.3 Å². The van der Waals surface area contributed by atoms with E-state index in [-0.39, 0.29) is 11.7 Å². The smallest absolute Gasteiger partial charge is 0.229 e. The maximum absolute atomic E-state index is 12.7. The zero-order valence-electron chi connectivity index (χ0n) is 12.6. The maximum Gasteiger partial charge on any atom is 0.229 e. The highest BCUT2D eigenvalue weighted by Gasteiger charge is 2.49. The minimum Gasteiger partial charge on any atom is -0.367 e. The van der Waals surface area contributed by atoms with Crippen molar-refractivity contribution in [2.75, 3.05) is 19.7 Å². The van der Waals surface area contributed by atoms with Gasteiger partial charge in [-0.05, 0) is 19.4 Å². The van der Waals surface area contributed by atoms with Crippen LogP contribution in [0.25, 0.3) is 0 Å². The van der Waals surface area contributed by atoms with Gasteiger partial charge >= 0.3 is 0 Å². The van der Waals surface area contributed by atoms with Crippen molar-refractivity contribution in [2.45, 2.75) is 32.3 Å². The summed E-state index contributed by atoms with van der Waals surface area (Å²) in [7, 11) is 0. The summed E-state index contributed by atoms with van der Waals surface area (Å²) < 4.78 is 5.96. The number of Topliss-reactive ketones (excluding diaryl/α,β-unsaturated/α-hetero) is 1. The molecular formula is C17H21NO3. The summed E-state index contributed by atoms with van der Waals surface area (Å²) in [5.74, 6) is 0.275. The van der Waals surface area contributed by atoms with E-state index in [1.165, 1.54) is 0 Å². The molecule has 1 unspecified atom stereocenters. The summed E-state index contributed by atoms with van der Waals surface area (Å²) in [5.41, 5.74) is 0.114. The highest BCUT2D eigenvalue weighted by atomic mass is 16.5. The number of ketones is 1. The number of rotatable bonds is 2. The Kier molecular flexibility index (Phi) is 3.36. The number of morpholine rings is 1. The molecule has 4 nitrogen and oxygen atoms in total. The Hall–Kier alpha value is -1.68. The van der Waals surface area contributed by atoms with E-state index in [9.17, 15) is 9.59 Å². The second-order valence-electron chi connectivity index (χ2n) is 6.62. The topological polar surface area (TPSA) is 46.6 Å². The van der Waals surface area contributed by atoms with Crippen molar-refractivity contribution < 1.29 is 14.3 Å². The van der Waals surface area contributed by atoms with Gasteiger partial charge in [-0.25, -0.2) is 0 Å². The first-order valence-electron chi connectivity index (χ1n) is 7.44. The third-order valence-corrected chi connectivity index (χ3v) is 4.64. The lowest BCUT2D eigenvalue weighted by Crippen LogP contribution is -2.56. The van der Waals surface area contributed by atoms with E-state index in [0.717, 1.165) is 5.56 Å². The highest BCUT2D eigenvalue weighted by molar-refractivity contribution is 5.99. The average Bonchev–Trinajstić information content (AvgIpc) is 2.46. The molecular weight excluding hydrogens is 266 g/mol. The van der Waals surface area contributed by atoms with Crippen molar-refractivity contribution >= 4 is 11.7 Å². The van der Waals surface area contributed by atoms with Crippen LogP contribution in [0.5, 0.6) is 0 Å². The molecule has 0 N–H and O–H groups in total. The van der Waals surface area contributed by atoms with E-state index >= 15 is 0 Å². The van der Waals surface area contributed by atoms with Crippen LogP contribution in [-0.4, -0.2) is 36.3 Å². The predicted octanol–water partition coefficient (Wildman–Crippen LogP) is 2.13. The Morgan fingerprint density at radius 1 is 1.19 bits per heavy atom. The van der Waals surface area contributed by atoms with Crippen LogP contribution in [0, 0.1) is 5.41 Å². The molecule has 0 spiro atoms. The quantitative estimate of drug-likeness (QED) is 0.837. The fraction of sp³-hybridized carbons (Fsp3) is 0.529. The van der Waals surface area contributed by atoms with Crippen LogP contribution in [0.3, 0.4) is 0 Å². The van der Waals surface area contributed by atoms with E-state index in [1.54, 1.807) is 0 Å². The molecule has 1 aliphatic heterocycles. The molecule has 1 saturated carbocycles. The minimum absolute atomic E-state index is 0.0903. The molecule has 2 fully saturated rings. The van der Waals surface area contributed by atoms with Crippen LogP contribution in [0.4, 0.5) is 0 Å². The third kappa shape index (κ3) is 2.48. The number of carbonyl (C=O) groups is 2. The molecule has 1 aromatic carbocycles. The molecule has 112 valence electrons. The molecule has 21 heavy (non-hydrogen) atoms. The second kappa shape index (κ2) is 4.95. The Morgan fingerprint density at radius 2 is 1.86 bits per heavy atom. The van der Waals surface area contributed by atoms with Gasteiger partial charge in [0.25, 0.3) is 0 Å². The number of ether oxygens (including phenoxy) is 1. The summed E-state index contributed by atoms with van der Waals surface area (Å²) in [6.07, 6.45) is 0.760. The number of nitrogens with zero attached hydrogens (tertiary/aromatic N) is 1. The number of amides is 1. The first-order valence-corrected chi connectivity index (χ1v) is 7.44. The average molecular weight is 287 g/mol. The van der Waals surface area contributed by atoms with Gasteiger partial charge < -0.3 is 9.64 Å². The third-order valence-electron chi connectivity index (χ3n) is 4.64. The van der Waals surface area contributed by atoms with Gasteiger partial charge in [0, 0.05) is 19.4 Å². The summed E-state index contributed by atoms with van der Waals surface area (Å²) in [6, 6.07) is 10.00. The Balaban J connectivity index is 1.77. The zero-order valence-corrected chi connectivity index (χ0v) is 12.6. The molecule has 1 aliphatic carbocycles. The molecule has 0 bridgehead atoms. The lowest BCUT2D eigenvalue weighted by atomic mass is 9.68. The van der Waals surface area contributed by atoms with Gasteiger partial charge in [-0.2, -0.15) is 0 Å². The van der Waals surface area contributed by atoms with E-state index < -0.39 is 11.0 Å². The molecule has 4 heteroatoms. The molecule has 0 aromatic heterocycles. The predicted molar refractivity (Wildman–Crippen MR) is 78.7 cm³/mol. The number of benzene rings is 1. The van der Waals surface area contributed by atoms with Crippen molar-refractivity contribution in [3.05, 3.63) is 35.9 Å². The fourth-order valence-electron chi connectivity index (χ4n) is 3.36. The van der Waals surface area contributed by atoms with Crippen molar-refractivity contribution in [1.82, 2.24) is 4.90 Å². The number of carbonyl (C=O) groups excluding carboxylic acids is 2. The van der Waals surface area contributed by atoms with E-state index in [4.69, 9.17) is 4.74 Å². The van der Waals surface area contributed by atoms with Gasteiger partial charge in [0.1, 0.15) is 11.4 Å². The fourth-order valence-corrected chi connectivity index (χ4v) is 3.36. The van der Waals surface area contributed by atoms with E-state index in [0.29, 0.717) is 32.5 Å². The first kappa shape index (κ1) is 14.3. The number of hydrogen-bond donors (Lipinski definition) is 0. The summed E-state index contributed by atoms with van der Waals surface area (Å²) >= 11 is 0. The minimum atomic E-state index is -0.494. The summed E-state index contributed by atoms with van der Waals surface area (Å²) in [4.78, 5) is 25.8.